The number of carbonyl (C=O) groups is 1. The summed E-state index contributed by atoms with van der Waals surface area (Å²) in [5.41, 5.74) is 7.99. The van der Waals surface area contributed by atoms with Crippen LogP contribution in [0, 0.1) is 13.8 Å². The number of carbonyl (C=O) groups excluding carboxylic acids is 1. The zero-order valence-corrected chi connectivity index (χ0v) is 16.4. The largest absolute Gasteiger partial charge is 0.345 e. The summed E-state index contributed by atoms with van der Waals surface area (Å²) < 4.78 is 1.74. The maximum absolute atomic E-state index is 12.9. The van der Waals surface area contributed by atoms with Gasteiger partial charge in [0.1, 0.15) is 0 Å². The molecule has 6 heteroatoms. The van der Waals surface area contributed by atoms with Crippen molar-refractivity contribution in [3.05, 3.63) is 82.8 Å². The Labute approximate surface area is 168 Å². The average Bonchev–Trinajstić information content (AvgIpc) is 3.31. The van der Waals surface area contributed by atoms with Crippen molar-refractivity contribution in [2.75, 3.05) is 0 Å². The highest BCUT2D eigenvalue weighted by atomic mass is 16.1. The van der Waals surface area contributed by atoms with Gasteiger partial charge in [0.2, 0.25) is 0 Å². The summed E-state index contributed by atoms with van der Waals surface area (Å²) in [6.45, 7) is 4.02. The van der Waals surface area contributed by atoms with Gasteiger partial charge in [0.25, 0.3) is 5.91 Å². The van der Waals surface area contributed by atoms with E-state index in [0.29, 0.717) is 5.56 Å². The fraction of sp³-hybridized carbons (Fsp3) is 0.217. The molecule has 1 aliphatic rings. The van der Waals surface area contributed by atoms with E-state index in [1.165, 1.54) is 11.1 Å². The predicted octanol–water partition coefficient (Wildman–Crippen LogP) is 3.83. The van der Waals surface area contributed by atoms with Crippen molar-refractivity contribution in [3.63, 3.8) is 0 Å². The van der Waals surface area contributed by atoms with E-state index in [2.05, 4.69) is 38.8 Å². The molecule has 1 aliphatic carbocycles. The Bertz CT molecular complexity index is 1240. The third-order valence-corrected chi connectivity index (χ3v) is 5.53. The van der Waals surface area contributed by atoms with Crippen molar-refractivity contribution in [1.29, 1.82) is 0 Å². The van der Waals surface area contributed by atoms with Crippen LogP contribution in [0.4, 0.5) is 0 Å². The molecule has 0 unspecified atom stereocenters. The van der Waals surface area contributed by atoms with Crippen LogP contribution in [0.25, 0.3) is 16.8 Å². The SMILES string of the molecule is Cc1cnnc(-c2ccc3c(c2)CC[C@H]3NC(=O)c2cnn3ccc(C)cc23)c1. The normalized spacial score (nSPS) is 15.4. The minimum absolute atomic E-state index is 0.00917. The monoisotopic (exact) mass is 383 g/mol. The Kier molecular flexibility index (Phi) is 4.12. The number of pyridine rings is 1. The van der Waals surface area contributed by atoms with Crippen molar-refractivity contribution < 1.29 is 4.79 Å². The van der Waals surface area contributed by atoms with Crippen LogP contribution in [0.3, 0.4) is 0 Å². The van der Waals surface area contributed by atoms with Crippen LogP contribution < -0.4 is 5.32 Å². The minimum Gasteiger partial charge on any atom is -0.345 e. The molecule has 0 aliphatic heterocycles. The molecule has 0 saturated carbocycles. The molecule has 0 fully saturated rings. The molecule has 0 saturated heterocycles. The quantitative estimate of drug-likeness (QED) is 0.584. The Morgan fingerprint density at radius 1 is 1.10 bits per heavy atom. The number of benzene rings is 1. The lowest BCUT2D eigenvalue weighted by Gasteiger charge is -2.14. The van der Waals surface area contributed by atoms with E-state index in [4.69, 9.17) is 0 Å². The van der Waals surface area contributed by atoms with Gasteiger partial charge in [0.15, 0.2) is 0 Å². The summed E-state index contributed by atoms with van der Waals surface area (Å²) in [5.74, 6) is -0.0860. The van der Waals surface area contributed by atoms with E-state index >= 15 is 0 Å². The molecule has 0 radical (unpaired) electrons. The van der Waals surface area contributed by atoms with Crippen molar-refractivity contribution in [1.82, 2.24) is 25.1 Å². The lowest BCUT2D eigenvalue weighted by atomic mass is 10.0. The Morgan fingerprint density at radius 3 is 2.86 bits per heavy atom. The number of fused-ring (bicyclic) bond motifs is 2. The third kappa shape index (κ3) is 3.16. The lowest BCUT2D eigenvalue weighted by molar-refractivity contribution is 0.0938. The van der Waals surface area contributed by atoms with Gasteiger partial charge in [-0.1, -0.05) is 12.1 Å². The number of aryl methyl sites for hydroxylation is 3. The van der Waals surface area contributed by atoms with Crippen molar-refractivity contribution in [2.45, 2.75) is 32.7 Å². The first-order chi connectivity index (χ1) is 14.1. The van der Waals surface area contributed by atoms with E-state index < -0.39 is 0 Å². The van der Waals surface area contributed by atoms with E-state index in [0.717, 1.165) is 40.7 Å². The topological polar surface area (TPSA) is 72.2 Å². The van der Waals surface area contributed by atoms with Gasteiger partial charge in [-0.15, -0.1) is 0 Å². The third-order valence-electron chi connectivity index (χ3n) is 5.53. The lowest BCUT2D eigenvalue weighted by Crippen LogP contribution is -2.27. The zero-order chi connectivity index (χ0) is 20.0. The molecular formula is C23H21N5O. The van der Waals surface area contributed by atoms with Crippen molar-refractivity contribution in [2.24, 2.45) is 0 Å². The highest BCUT2D eigenvalue weighted by Crippen LogP contribution is 2.34. The highest BCUT2D eigenvalue weighted by molar-refractivity contribution is 6.00. The number of amides is 1. The first-order valence-electron chi connectivity index (χ1n) is 9.76. The van der Waals surface area contributed by atoms with Gasteiger partial charge in [0, 0.05) is 11.8 Å². The summed E-state index contributed by atoms with van der Waals surface area (Å²) in [4.78, 5) is 12.9. The van der Waals surface area contributed by atoms with Gasteiger partial charge in [-0.2, -0.15) is 15.3 Å². The number of rotatable bonds is 3. The van der Waals surface area contributed by atoms with Gasteiger partial charge in [-0.05, 0) is 73.2 Å². The van der Waals surface area contributed by atoms with Crippen molar-refractivity contribution >= 4 is 11.4 Å². The molecule has 3 heterocycles. The van der Waals surface area contributed by atoms with Gasteiger partial charge in [-0.3, -0.25) is 4.79 Å². The second-order valence-electron chi connectivity index (χ2n) is 7.69. The maximum Gasteiger partial charge on any atom is 0.255 e. The van der Waals surface area contributed by atoms with Crippen LogP contribution in [0.1, 0.15) is 45.1 Å². The molecule has 3 aromatic heterocycles. The van der Waals surface area contributed by atoms with Crippen molar-refractivity contribution in [3.8, 4) is 11.3 Å². The molecule has 0 spiro atoms. The predicted molar refractivity (Wildman–Crippen MR) is 111 cm³/mol. The molecule has 144 valence electrons. The average molecular weight is 383 g/mol. The highest BCUT2D eigenvalue weighted by Gasteiger charge is 2.26. The second kappa shape index (κ2) is 6.81. The molecule has 6 nitrogen and oxygen atoms in total. The number of hydrogen-bond acceptors (Lipinski definition) is 4. The van der Waals surface area contributed by atoms with Crippen LogP contribution >= 0.6 is 0 Å². The van der Waals surface area contributed by atoms with Gasteiger partial charge >= 0.3 is 0 Å². The molecule has 1 amide bonds. The Hall–Kier alpha value is -3.54. The van der Waals surface area contributed by atoms with E-state index in [-0.39, 0.29) is 11.9 Å². The maximum atomic E-state index is 12.9. The summed E-state index contributed by atoms with van der Waals surface area (Å²) in [6, 6.07) is 12.3. The molecule has 29 heavy (non-hydrogen) atoms. The molecule has 0 bridgehead atoms. The number of aromatic nitrogens is 4. The summed E-state index contributed by atoms with van der Waals surface area (Å²) >= 11 is 0. The van der Waals surface area contributed by atoms with Crippen LogP contribution in [0.5, 0.6) is 0 Å². The van der Waals surface area contributed by atoms with Crippen LogP contribution in [-0.4, -0.2) is 25.7 Å². The first-order valence-corrected chi connectivity index (χ1v) is 9.76. The number of nitrogens with zero attached hydrogens (tertiary/aromatic N) is 4. The fourth-order valence-electron chi connectivity index (χ4n) is 4.03. The smallest absolute Gasteiger partial charge is 0.255 e. The zero-order valence-electron chi connectivity index (χ0n) is 16.4. The van der Waals surface area contributed by atoms with Crippen LogP contribution in [0.2, 0.25) is 0 Å². The molecule has 1 atom stereocenters. The molecule has 1 aromatic carbocycles. The Morgan fingerprint density at radius 2 is 2.00 bits per heavy atom. The molecule has 5 rings (SSSR count). The summed E-state index contributed by atoms with van der Waals surface area (Å²) in [6.07, 6.45) is 7.09. The van der Waals surface area contributed by atoms with E-state index in [1.54, 1.807) is 16.9 Å². The number of hydrogen-bond donors (Lipinski definition) is 1. The van der Waals surface area contributed by atoms with E-state index in [1.807, 2.05) is 38.2 Å². The standard InChI is InChI=1S/C23H21N5O/c1-14-7-8-28-22(10-14)19(13-25-28)23(29)26-20-6-4-16-11-17(3-5-18(16)20)21-9-15(2)12-24-27-21/h3,5,7-13,20H,4,6H2,1-2H3,(H,26,29)/t20-/m1/s1. The molecular weight excluding hydrogens is 362 g/mol. The minimum atomic E-state index is -0.0860. The van der Waals surface area contributed by atoms with Gasteiger partial charge in [0.05, 0.1) is 35.2 Å². The molecule has 1 N–H and O–H groups in total. The summed E-state index contributed by atoms with van der Waals surface area (Å²) in [7, 11) is 0. The summed E-state index contributed by atoms with van der Waals surface area (Å²) in [5, 5.41) is 15.8. The number of nitrogens with one attached hydrogen (secondary N) is 1. The van der Waals surface area contributed by atoms with E-state index in [9.17, 15) is 4.79 Å². The first kappa shape index (κ1) is 17.6. The van der Waals surface area contributed by atoms with Crippen LogP contribution in [0.15, 0.2) is 55.0 Å². The van der Waals surface area contributed by atoms with Crippen LogP contribution in [-0.2, 0) is 6.42 Å². The van der Waals surface area contributed by atoms with Gasteiger partial charge < -0.3 is 5.32 Å². The fourth-order valence-corrected chi connectivity index (χ4v) is 4.03. The Balaban J connectivity index is 1.40. The van der Waals surface area contributed by atoms with Gasteiger partial charge in [-0.25, -0.2) is 4.52 Å². The molecule has 4 aromatic rings. The second-order valence-corrected chi connectivity index (χ2v) is 7.69.